The van der Waals surface area contributed by atoms with Crippen molar-refractivity contribution in [3.8, 4) is 0 Å². The minimum absolute atomic E-state index is 0.0584. The average molecular weight is 236 g/mol. The van der Waals surface area contributed by atoms with Crippen LogP contribution in [0.15, 0.2) is 24.3 Å². The zero-order valence-electron chi connectivity index (χ0n) is 10.2. The van der Waals surface area contributed by atoms with E-state index in [1.54, 1.807) is 0 Å². The molecule has 1 aliphatic carbocycles. The molecule has 2 atom stereocenters. The van der Waals surface area contributed by atoms with E-state index in [1.807, 2.05) is 31.2 Å². The Bertz CT molecular complexity index is 345. The van der Waals surface area contributed by atoms with Crippen LogP contribution in [0.25, 0.3) is 0 Å². The van der Waals surface area contributed by atoms with E-state index in [0.29, 0.717) is 0 Å². The van der Waals surface area contributed by atoms with Gasteiger partial charge in [-0.2, -0.15) is 0 Å². The highest BCUT2D eigenvalue weighted by atomic mass is 16.4. The first kappa shape index (κ1) is 12.3. The van der Waals surface area contributed by atoms with E-state index in [9.17, 15) is 9.90 Å². The van der Waals surface area contributed by atoms with Gasteiger partial charge in [-0.1, -0.05) is 31.2 Å². The number of rotatable bonds is 3. The first-order valence-corrected chi connectivity index (χ1v) is 6.27. The smallest absolute Gasteiger partial charge is 0.328 e. The van der Waals surface area contributed by atoms with Gasteiger partial charge in [-0.15, -0.1) is 0 Å². The Hall–Kier alpha value is -1.13. The SMILES string of the molecule is CCC1C=CC=CC1(C(=O)O)N1CCNCC1. The second-order valence-corrected chi connectivity index (χ2v) is 4.63. The molecule has 2 aliphatic rings. The summed E-state index contributed by atoms with van der Waals surface area (Å²) in [5.41, 5.74) is -0.842. The van der Waals surface area contributed by atoms with Crippen molar-refractivity contribution >= 4 is 5.97 Å². The van der Waals surface area contributed by atoms with Crippen molar-refractivity contribution in [3.63, 3.8) is 0 Å². The molecule has 0 radical (unpaired) electrons. The number of aliphatic carboxylic acids is 1. The molecule has 4 heteroatoms. The minimum atomic E-state index is -0.842. The van der Waals surface area contributed by atoms with E-state index >= 15 is 0 Å². The third-order valence-electron chi connectivity index (χ3n) is 3.79. The number of carboxylic acid groups (broad SMARTS) is 1. The lowest BCUT2D eigenvalue weighted by Crippen LogP contribution is -2.62. The molecule has 2 N–H and O–H groups in total. The first-order valence-electron chi connectivity index (χ1n) is 6.27. The lowest BCUT2D eigenvalue weighted by Gasteiger charge is -2.45. The van der Waals surface area contributed by atoms with Crippen LogP contribution < -0.4 is 5.32 Å². The van der Waals surface area contributed by atoms with Gasteiger partial charge in [0, 0.05) is 32.1 Å². The van der Waals surface area contributed by atoms with Crippen molar-refractivity contribution in [2.45, 2.75) is 18.9 Å². The highest BCUT2D eigenvalue weighted by Gasteiger charge is 2.47. The van der Waals surface area contributed by atoms with Crippen molar-refractivity contribution in [2.24, 2.45) is 5.92 Å². The molecule has 0 aromatic rings. The van der Waals surface area contributed by atoms with E-state index in [0.717, 1.165) is 32.6 Å². The summed E-state index contributed by atoms with van der Waals surface area (Å²) in [6.07, 6.45) is 8.54. The Labute approximate surface area is 102 Å². The number of piperazine rings is 1. The molecule has 4 nitrogen and oxygen atoms in total. The molecular formula is C13H20N2O2. The number of hydrogen-bond acceptors (Lipinski definition) is 3. The molecule has 17 heavy (non-hydrogen) atoms. The lowest BCUT2D eigenvalue weighted by molar-refractivity contribution is -0.151. The number of carboxylic acids is 1. The van der Waals surface area contributed by atoms with Crippen LogP contribution in [0, 0.1) is 5.92 Å². The van der Waals surface area contributed by atoms with Gasteiger partial charge in [0.05, 0.1) is 0 Å². The number of nitrogens with one attached hydrogen (secondary N) is 1. The fraction of sp³-hybridized carbons (Fsp3) is 0.615. The van der Waals surface area contributed by atoms with Gasteiger partial charge in [-0.3, -0.25) is 4.90 Å². The predicted molar refractivity (Wildman–Crippen MR) is 66.9 cm³/mol. The molecule has 1 heterocycles. The van der Waals surface area contributed by atoms with E-state index in [4.69, 9.17) is 0 Å². The molecule has 94 valence electrons. The van der Waals surface area contributed by atoms with Gasteiger partial charge < -0.3 is 10.4 Å². The van der Waals surface area contributed by atoms with Crippen molar-refractivity contribution in [1.29, 1.82) is 0 Å². The molecule has 2 unspecified atom stereocenters. The van der Waals surface area contributed by atoms with Crippen molar-refractivity contribution < 1.29 is 9.90 Å². The van der Waals surface area contributed by atoms with E-state index in [2.05, 4.69) is 10.2 Å². The maximum Gasteiger partial charge on any atom is 0.328 e. The van der Waals surface area contributed by atoms with Crippen molar-refractivity contribution in [3.05, 3.63) is 24.3 Å². The first-order chi connectivity index (χ1) is 8.21. The summed E-state index contributed by atoms with van der Waals surface area (Å²) in [4.78, 5) is 13.9. The van der Waals surface area contributed by atoms with Crippen LogP contribution in [0.3, 0.4) is 0 Å². The quantitative estimate of drug-likeness (QED) is 0.763. The maximum absolute atomic E-state index is 11.8. The van der Waals surface area contributed by atoms with Gasteiger partial charge in [0.25, 0.3) is 0 Å². The summed E-state index contributed by atoms with van der Waals surface area (Å²) in [6, 6.07) is 0. The molecule has 0 spiro atoms. The topological polar surface area (TPSA) is 52.6 Å². The molecule has 0 amide bonds. The Kier molecular flexibility index (Phi) is 3.64. The highest BCUT2D eigenvalue weighted by molar-refractivity contribution is 5.83. The molecule has 1 fully saturated rings. The van der Waals surface area contributed by atoms with Crippen LogP contribution >= 0.6 is 0 Å². The molecule has 0 aromatic carbocycles. The second kappa shape index (κ2) is 5.02. The Morgan fingerprint density at radius 3 is 2.76 bits per heavy atom. The lowest BCUT2D eigenvalue weighted by atomic mass is 9.77. The average Bonchev–Trinajstić information content (AvgIpc) is 2.39. The predicted octanol–water partition coefficient (Wildman–Crippen LogP) is 0.867. The Morgan fingerprint density at radius 2 is 2.18 bits per heavy atom. The summed E-state index contributed by atoms with van der Waals surface area (Å²) >= 11 is 0. The van der Waals surface area contributed by atoms with E-state index < -0.39 is 11.5 Å². The number of carbonyl (C=O) groups is 1. The van der Waals surface area contributed by atoms with Gasteiger partial charge in [0.1, 0.15) is 5.54 Å². The second-order valence-electron chi connectivity index (χ2n) is 4.63. The van der Waals surface area contributed by atoms with Gasteiger partial charge in [0.2, 0.25) is 0 Å². The molecule has 0 aromatic heterocycles. The summed E-state index contributed by atoms with van der Waals surface area (Å²) < 4.78 is 0. The monoisotopic (exact) mass is 236 g/mol. The number of allylic oxidation sites excluding steroid dienone is 2. The zero-order valence-corrected chi connectivity index (χ0v) is 10.2. The molecule has 0 bridgehead atoms. The molecule has 1 saturated heterocycles. The minimum Gasteiger partial charge on any atom is -0.480 e. The van der Waals surface area contributed by atoms with Gasteiger partial charge in [-0.05, 0) is 6.42 Å². The van der Waals surface area contributed by atoms with Crippen LogP contribution in [-0.2, 0) is 4.79 Å². The highest BCUT2D eigenvalue weighted by Crippen LogP contribution is 2.33. The van der Waals surface area contributed by atoms with Crippen molar-refractivity contribution in [1.82, 2.24) is 10.2 Å². The third kappa shape index (κ3) is 2.03. The Morgan fingerprint density at radius 1 is 1.47 bits per heavy atom. The number of nitrogens with zero attached hydrogens (tertiary/aromatic N) is 1. The van der Waals surface area contributed by atoms with Gasteiger partial charge in [-0.25, -0.2) is 4.79 Å². The Balaban J connectivity index is 2.33. The molecule has 1 aliphatic heterocycles. The largest absolute Gasteiger partial charge is 0.480 e. The van der Waals surface area contributed by atoms with Crippen molar-refractivity contribution in [2.75, 3.05) is 26.2 Å². The van der Waals surface area contributed by atoms with Crippen LogP contribution in [0.5, 0.6) is 0 Å². The third-order valence-corrected chi connectivity index (χ3v) is 3.79. The molecule has 2 rings (SSSR count). The van der Waals surface area contributed by atoms with Crippen LogP contribution in [0.2, 0.25) is 0 Å². The fourth-order valence-corrected chi connectivity index (χ4v) is 2.86. The molecule has 0 saturated carbocycles. The standard InChI is InChI=1S/C13H20N2O2/c1-2-11-5-3-4-6-13(11,12(16)17)15-9-7-14-8-10-15/h3-6,11,14H,2,7-10H2,1H3,(H,16,17). The summed E-state index contributed by atoms with van der Waals surface area (Å²) in [7, 11) is 0. The summed E-state index contributed by atoms with van der Waals surface area (Å²) in [5.74, 6) is -0.671. The van der Waals surface area contributed by atoms with Gasteiger partial charge >= 0.3 is 5.97 Å². The summed E-state index contributed by atoms with van der Waals surface area (Å²) in [5, 5.41) is 13.0. The normalized spacial score (nSPS) is 33.8. The number of hydrogen-bond donors (Lipinski definition) is 2. The van der Waals surface area contributed by atoms with E-state index in [-0.39, 0.29) is 5.92 Å². The zero-order chi connectivity index (χ0) is 12.3. The fourth-order valence-electron chi connectivity index (χ4n) is 2.86. The van der Waals surface area contributed by atoms with Gasteiger partial charge in [0.15, 0.2) is 0 Å². The van der Waals surface area contributed by atoms with E-state index in [1.165, 1.54) is 0 Å². The van der Waals surface area contributed by atoms with Crippen LogP contribution in [0.4, 0.5) is 0 Å². The summed E-state index contributed by atoms with van der Waals surface area (Å²) in [6.45, 7) is 5.36. The van der Waals surface area contributed by atoms with Crippen LogP contribution in [0.1, 0.15) is 13.3 Å². The van der Waals surface area contributed by atoms with Crippen LogP contribution in [-0.4, -0.2) is 47.7 Å². The maximum atomic E-state index is 11.8. The molecular weight excluding hydrogens is 216 g/mol.